The lowest BCUT2D eigenvalue weighted by Gasteiger charge is -2.23. The number of amides is 1. The van der Waals surface area contributed by atoms with Crippen molar-refractivity contribution in [2.45, 2.75) is 18.9 Å². The number of anilines is 1. The van der Waals surface area contributed by atoms with Crippen molar-refractivity contribution in [3.05, 3.63) is 103 Å². The molecule has 5 rings (SSSR count). The van der Waals surface area contributed by atoms with E-state index in [1.165, 1.54) is 17.7 Å². The molecular formula is C31H33FN4O3S. The Morgan fingerprint density at radius 1 is 1.05 bits per heavy atom. The second-order valence-corrected chi connectivity index (χ2v) is 10.8. The predicted octanol–water partition coefficient (Wildman–Crippen LogP) is 5.67. The molecule has 1 fully saturated rings. The second-order valence-electron chi connectivity index (χ2n) is 9.73. The van der Waals surface area contributed by atoms with Gasteiger partial charge in [-0.05, 0) is 78.9 Å². The Morgan fingerprint density at radius 2 is 1.80 bits per heavy atom. The molecule has 0 bridgehead atoms. The topological polar surface area (TPSA) is 75.2 Å². The van der Waals surface area contributed by atoms with Gasteiger partial charge in [0.2, 0.25) is 5.91 Å². The average Bonchev–Trinajstić information content (AvgIpc) is 3.38. The molecule has 1 saturated heterocycles. The van der Waals surface area contributed by atoms with Gasteiger partial charge in [0.15, 0.2) is 5.17 Å². The van der Waals surface area contributed by atoms with Crippen molar-refractivity contribution in [2.24, 2.45) is 10.9 Å². The van der Waals surface area contributed by atoms with Crippen molar-refractivity contribution in [3.63, 3.8) is 0 Å². The molecule has 2 N–H and O–H groups in total. The molecule has 2 atom stereocenters. The minimum absolute atomic E-state index is 0.0479. The van der Waals surface area contributed by atoms with Crippen LogP contribution in [0.4, 0.5) is 10.1 Å². The Hall–Kier alpha value is -3.66. The molecule has 2 aliphatic rings. The molecule has 0 unspecified atom stereocenters. The van der Waals surface area contributed by atoms with Crippen LogP contribution in [0.25, 0.3) is 0 Å². The zero-order valence-corrected chi connectivity index (χ0v) is 23.0. The summed E-state index contributed by atoms with van der Waals surface area (Å²) in [6, 6.07) is 23.2. The molecule has 3 aromatic rings. The van der Waals surface area contributed by atoms with Crippen LogP contribution in [-0.4, -0.2) is 54.2 Å². The van der Waals surface area contributed by atoms with Crippen molar-refractivity contribution in [2.75, 3.05) is 37.5 Å². The zero-order chi connectivity index (χ0) is 27.6. The van der Waals surface area contributed by atoms with E-state index in [0.717, 1.165) is 30.3 Å². The maximum atomic E-state index is 13.4. The number of benzene rings is 3. The first-order valence-corrected chi connectivity index (χ1v) is 14.4. The summed E-state index contributed by atoms with van der Waals surface area (Å²) in [6.07, 6.45) is 5.56. The van der Waals surface area contributed by atoms with E-state index >= 15 is 0 Å². The third-order valence-corrected chi connectivity index (χ3v) is 7.61. The highest BCUT2D eigenvalue weighted by atomic mass is 32.2. The Labute approximate surface area is 238 Å². The minimum Gasteiger partial charge on any atom is -0.457 e. The summed E-state index contributed by atoms with van der Waals surface area (Å²) in [7, 11) is 0. The molecule has 3 aromatic carbocycles. The summed E-state index contributed by atoms with van der Waals surface area (Å²) in [6.45, 7) is 2.46. The SMILES string of the molecule is O=C(Nc1ccc(Oc2ccc(F)cc2)cc1)[C@@H]1C[C@@H](Cc2ccccc2)CN1COCCSC1=NCC=CN1. The molecule has 0 radical (unpaired) electrons. The number of halogens is 1. The third kappa shape index (κ3) is 8.17. The summed E-state index contributed by atoms with van der Waals surface area (Å²) < 4.78 is 24.9. The maximum Gasteiger partial charge on any atom is 0.241 e. The van der Waals surface area contributed by atoms with Crippen LogP contribution in [0.2, 0.25) is 0 Å². The van der Waals surface area contributed by atoms with Gasteiger partial charge in [-0.2, -0.15) is 0 Å². The first-order valence-electron chi connectivity index (χ1n) is 13.4. The standard InChI is InChI=1S/C31H33FN4O3S/c32-25-7-11-27(12-8-25)39-28-13-9-26(10-14-28)35-30(37)29-20-24(19-23-5-2-1-3-6-23)21-36(29)22-38-17-18-40-31-33-15-4-16-34-31/h1-15,24,29H,16-22H2,(H,33,34)(H,35,37)/t24-,29+/m1/s1. The van der Waals surface area contributed by atoms with E-state index in [1.807, 2.05) is 30.5 Å². The Morgan fingerprint density at radius 3 is 2.52 bits per heavy atom. The largest absolute Gasteiger partial charge is 0.457 e. The van der Waals surface area contributed by atoms with Crippen molar-refractivity contribution in [1.29, 1.82) is 0 Å². The molecule has 0 spiro atoms. The number of nitrogens with one attached hydrogen (secondary N) is 2. The molecule has 9 heteroatoms. The lowest BCUT2D eigenvalue weighted by Crippen LogP contribution is -2.41. The summed E-state index contributed by atoms with van der Waals surface area (Å²) in [5.41, 5.74) is 1.97. The second kappa shape index (κ2) is 14.1. The van der Waals surface area contributed by atoms with E-state index in [-0.39, 0.29) is 17.8 Å². The van der Waals surface area contributed by atoms with E-state index in [4.69, 9.17) is 9.47 Å². The van der Waals surface area contributed by atoms with Gasteiger partial charge in [0.25, 0.3) is 0 Å². The summed E-state index contributed by atoms with van der Waals surface area (Å²) >= 11 is 1.63. The number of ether oxygens (including phenoxy) is 2. The van der Waals surface area contributed by atoms with Gasteiger partial charge in [-0.25, -0.2) is 4.39 Å². The molecule has 1 amide bonds. The molecule has 7 nitrogen and oxygen atoms in total. The first kappa shape index (κ1) is 27.9. The summed E-state index contributed by atoms with van der Waals surface area (Å²) in [4.78, 5) is 20.0. The van der Waals surface area contributed by atoms with E-state index in [2.05, 4.69) is 44.8 Å². The monoisotopic (exact) mass is 560 g/mol. The van der Waals surface area contributed by atoms with Gasteiger partial charge < -0.3 is 20.1 Å². The molecule has 2 heterocycles. The normalized spacial score (nSPS) is 18.7. The summed E-state index contributed by atoms with van der Waals surface area (Å²) in [5, 5.41) is 7.10. The van der Waals surface area contributed by atoms with E-state index < -0.39 is 0 Å². The minimum atomic E-state index is -0.314. The Bertz CT molecular complexity index is 1300. The molecule has 0 aromatic heterocycles. The Balaban J connectivity index is 1.16. The number of carbonyl (C=O) groups excluding carboxylic acids is 1. The fourth-order valence-corrected chi connectivity index (χ4v) is 5.52. The van der Waals surface area contributed by atoms with Crippen LogP contribution in [0.3, 0.4) is 0 Å². The molecular weight excluding hydrogens is 527 g/mol. The van der Waals surface area contributed by atoms with E-state index in [0.29, 0.717) is 43.0 Å². The van der Waals surface area contributed by atoms with Gasteiger partial charge >= 0.3 is 0 Å². The zero-order valence-electron chi connectivity index (χ0n) is 22.2. The first-order chi connectivity index (χ1) is 19.6. The number of hydrogen-bond donors (Lipinski definition) is 2. The highest BCUT2D eigenvalue weighted by molar-refractivity contribution is 8.13. The molecule has 208 valence electrons. The quantitative estimate of drug-likeness (QED) is 0.295. The van der Waals surface area contributed by atoms with E-state index in [1.54, 1.807) is 36.0 Å². The highest BCUT2D eigenvalue weighted by Crippen LogP contribution is 2.28. The van der Waals surface area contributed by atoms with Crippen LogP contribution in [0.1, 0.15) is 12.0 Å². The van der Waals surface area contributed by atoms with Crippen LogP contribution in [0.15, 0.2) is 96.1 Å². The van der Waals surface area contributed by atoms with Gasteiger partial charge in [0.05, 0.1) is 25.9 Å². The summed E-state index contributed by atoms with van der Waals surface area (Å²) in [5.74, 6) is 1.92. The lowest BCUT2D eigenvalue weighted by molar-refractivity contribution is -0.122. The maximum absolute atomic E-state index is 13.4. The van der Waals surface area contributed by atoms with Crippen molar-refractivity contribution in [1.82, 2.24) is 10.2 Å². The molecule has 0 saturated carbocycles. The number of thioether (sulfide) groups is 1. The molecule has 40 heavy (non-hydrogen) atoms. The fraction of sp³-hybridized carbons (Fsp3) is 0.290. The predicted molar refractivity (Wildman–Crippen MR) is 158 cm³/mol. The number of amidine groups is 1. The average molecular weight is 561 g/mol. The fourth-order valence-electron chi connectivity index (χ4n) is 4.81. The van der Waals surface area contributed by atoms with Crippen LogP contribution in [0, 0.1) is 11.7 Å². The Kier molecular flexibility index (Phi) is 9.84. The number of rotatable bonds is 11. The van der Waals surface area contributed by atoms with Crippen molar-refractivity contribution >= 4 is 28.5 Å². The smallest absolute Gasteiger partial charge is 0.241 e. The number of nitrogens with zero attached hydrogens (tertiary/aromatic N) is 2. The van der Waals surface area contributed by atoms with Crippen LogP contribution in [-0.2, 0) is 16.0 Å². The van der Waals surface area contributed by atoms with Crippen molar-refractivity contribution < 1.29 is 18.7 Å². The molecule has 2 aliphatic heterocycles. The molecule has 0 aliphatic carbocycles. The van der Waals surface area contributed by atoms with Crippen LogP contribution >= 0.6 is 11.8 Å². The third-order valence-electron chi connectivity index (χ3n) is 6.72. The van der Waals surface area contributed by atoms with E-state index in [9.17, 15) is 9.18 Å². The van der Waals surface area contributed by atoms with Crippen LogP contribution < -0.4 is 15.4 Å². The van der Waals surface area contributed by atoms with Gasteiger partial charge in [-0.1, -0.05) is 42.1 Å². The number of carbonyl (C=O) groups is 1. The van der Waals surface area contributed by atoms with Crippen molar-refractivity contribution in [3.8, 4) is 11.5 Å². The van der Waals surface area contributed by atoms with Gasteiger partial charge in [-0.15, -0.1) is 0 Å². The number of hydrogen-bond acceptors (Lipinski definition) is 7. The number of likely N-dealkylation sites (tertiary alicyclic amines) is 1. The number of aliphatic imine (C=N–C) groups is 1. The van der Waals surface area contributed by atoms with Gasteiger partial charge in [-0.3, -0.25) is 14.7 Å². The lowest BCUT2D eigenvalue weighted by atomic mass is 9.96. The van der Waals surface area contributed by atoms with Crippen LogP contribution in [0.5, 0.6) is 11.5 Å². The van der Waals surface area contributed by atoms with Gasteiger partial charge in [0.1, 0.15) is 17.3 Å². The van der Waals surface area contributed by atoms with Gasteiger partial charge in [0, 0.05) is 24.2 Å². The highest BCUT2D eigenvalue weighted by Gasteiger charge is 2.36.